The first-order valence-corrected chi connectivity index (χ1v) is 10.5. The van der Waals surface area contributed by atoms with Gasteiger partial charge >= 0.3 is 5.97 Å². The lowest BCUT2D eigenvalue weighted by atomic mass is 9.73. The molecule has 7 heteroatoms. The Hall–Kier alpha value is -2.67. The predicted molar refractivity (Wildman–Crippen MR) is 114 cm³/mol. The van der Waals surface area contributed by atoms with Crippen LogP contribution in [0.2, 0.25) is 0 Å². The van der Waals surface area contributed by atoms with E-state index in [1.807, 2.05) is 24.4 Å². The van der Waals surface area contributed by atoms with Crippen LogP contribution in [0.1, 0.15) is 45.9 Å². The molecule has 0 radical (unpaired) electrons. The number of carbonyl (C=O) groups excluding carboxylic acids is 1. The molecule has 1 aliphatic heterocycles. The molecule has 0 aromatic carbocycles. The molecule has 4 rings (SSSR count). The van der Waals surface area contributed by atoms with Crippen LogP contribution in [-0.4, -0.2) is 45.8 Å². The van der Waals surface area contributed by atoms with Crippen molar-refractivity contribution in [1.82, 2.24) is 19.7 Å². The van der Waals surface area contributed by atoms with E-state index in [0.29, 0.717) is 18.2 Å². The van der Waals surface area contributed by atoms with Gasteiger partial charge in [-0.05, 0) is 42.9 Å². The van der Waals surface area contributed by atoms with Gasteiger partial charge in [0.1, 0.15) is 5.76 Å². The number of likely N-dealkylation sites (tertiary alicyclic amines) is 1. The van der Waals surface area contributed by atoms with Crippen molar-refractivity contribution in [2.75, 3.05) is 20.2 Å². The molecule has 0 amide bonds. The van der Waals surface area contributed by atoms with E-state index in [4.69, 9.17) is 9.15 Å². The number of ether oxygens (including phenoxy) is 1. The summed E-state index contributed by atoms with van der Waals surface area (Å²) in [5, 5.41) is 5.21. The second-order valence-electron chi connectivity index (χ2n) is 9.34. The zero-order chi connectivity index (χ0) is 21.5. The molecule has 3 atom stereocenters. The standard InChI is InChI=1S/C23H30N4O3/c1-15(26-13-17(22(28)29-5)9-18(14-26)23(2,3)4)20-11-16-10-19(12-24-21(16)30-20)27-8-6-7-25-27/h6-8,10-12,15,17-18H,9,13-14H2,1-5H3/t15?,17-,18-/m1/s1. The molecule has 3 aromatic heterocycles. The summed E-state index contributed by atoms with van der Waals surface area (Å²) in [6.07, 6.45) is 6.25. The Balaban J connectivity index is 1.61. The molecule has 4 heterocycles. The second-order valence-corrected chi connectivity index (χ2v) is 9.34. The van der Waals surface area contributed by atoms with E-state index in [0.717, 1.165) is 29.8 Å². The minimum atomic E-state index is -0.128. The quantitative estimate of drug-likeness (QED) is 0.599. The van der Waals surface area contributed by atoms with Gasteiger partial charge in [0.05, 0.1) is 31.0 Å². The minimum absolute atomic E-state index is 0.0321. The van der Waals surface area contributed by atoms with Crippen molar-refractivity contribution in [1.29, 1.82) is 0 Å². The Labute approximate surface area is 177 Å². The number of esters is 1. The Morgan fingerprint density at radius 2 is 2.10 bits per heavy atom. The number of nitrogens with zero attached hydrogens (tertiary/aromatic N) is 4. The highest BCUT2D eigenvalue weighted by Gasteiger charge is 2.39. The third-order valence-corrected chi connectivity index (χ3v) is 6.34. The maximum absolute atomic E-state index is 12.3. The van der Waals surface area contributed by atoms with Crippen LogP contribution in [0.15, 0.2) is 41.2 Å². The van der Waals surface area contributed by atoms with E-state index in [1.165, 1.54) is 7.11 Å². The zero-order valence-corrected chi connectivity index (χ0v) is 18.3. The summed E-state index contributed by atoms with van der Waals surface area (Å²) in [7, 11) is 1.47. The maximum atomic E-state index is 12.3. The predicted octanol–water partition coefficient (Wildman–Crippen LogP) is 4.23. The Morgan fingerprint density at radius 3 is 2.77 bits per heavy atom. The van der Waals surface area contributed by atoms with Crippen molar-refractivity contribution in [2.24, 2.45) is 17.3 Å². The fraction of sp³-hybridized carbons (Fsp3) is 0.522. The highest BCUT2D eigenvalue weighted by Crippen LogP contribution is 2.39. The van der Waals surface area contributed by atoms with Gasteiger partial charge in [-0.2, -0.15) is 5.10 Å². The van der Waals surface area contributed by atoms with E-state index in [9.17, 15) is 4.79 Å². The van der Waals surface area contributed by atoms with Gasteiger partial charge in [-0.3, -0.25) is 9.69 Å². The number of piperidine rings is 1. The van der Waals surface area contributed by atoms with Crippen molar-refractivity contribution in [3.05, 3.63) is 42.5 Å². The average Bonchev–Trinajstić information content (AvgIpc) is 3.40. The van der Waals surface area contributed by atoms with Crippen molar-refractivity contribution < 1.29 is 13.9 Å². The van der Waals surface area contributed by atoms with Gasteiger partial charge in [-0.15, -0.1) is 0 Å². The topological polar surface area (TPSA) is 73.4 Å². The fourth-order valence-electron chi connectivity index (χ4n) is 4.29. The van der Waals surface area contributed by atoms with E-state index in [1.54, 1.807) is 17.1 Å². The van der Waals surface area contributed by atoms with Gasteiger partial charge in [0.2, 0.25) is 5.71 Å². The molecular weight excluding hydrogens is 380 g/mol. The van der Waals surface area contributed by atoms with Crippen molar-refractivity contribution in [3.63, 3.8) is 0 Å². The molecule has 1 saturated heterocycles. The molecular formula is C23H30N4O3. The van der Waals surface area contributed by atoms with Crippen LogP contribution in [0.5, 0.6) is 0 Å². The molecule has 7 nitrogen and oxygen atoms in total. The number of fused-ring (bicyclic) bond motifs is 1. The first-order chi connectivity index (χ1) is 14.3. The second kappa shape index (κ2) is 7.87. The van der Waals surface area contributed by atoms with Gasteiger partial charge in [0.15, 0.2) is 0 Å². The molecule has 160 valence electrons. The molecule has 0 saturated carbocycles. The number of pyridine rings is 1. The van der Waals surface area contributed by atoms with Crippen LogP contribution in [-0.2, 0) is 9.53 Å². The highest BCUT2D eigenvalue weighted by molar-refractivity contribution is 5.76. The fourth-order valence-corrected chi connectivity index (χ4v) is 4.29. The molecule has 1 unspecified atom stereocenters. The van der Waals surface area contributed by atoms with Crippen LogP contribution < -0.4 is 0 Å². The molecule has 0 N–H and O–H groups in total. The average molecular weight is 411 g/mol. The summed E-state index contributed by atoms with van der Waals surface area (Å²) in [6, 6.07) is 5.99. The van der Waals surface area contributed by atoms with Crippen LogP contribution in [0, 0.1) is 17.3 Å². The lowest BCUT2D eigenvalue weighted by Crippen LogP contribution is -2.47. The third kappa shape index (κ3) is 3.99. The summed E-state index contributed by atoms with van der Waals surface area (Å²) in [6.45, 7) is 10.4. The van der Waals surface area contributed by atoms with Gasteiger partial charge in [0, 0.05) is 30.9 Å². The summed E-state index contributed by atoms with van der Waals surface area (Å²) < 4.78 is 13.0. The molecule has 30 heavy (non-hydrogen) atoms. The number of methoxy groups -OCH3 is 1. The zero-order valence-electron chi connectivity index (χ0n) is 18.3. The third-order valence-electron chi connectivity index (χ3n) is 6.34. The molecule has 3 aromatic rings. The first-order valence-electron chi connectivity index (χ1n) is 10.5. The van der Waals surface area contributed by atoms with Crippen LogP contribution >= 0.6 is 0 Å². The number of furan rings is 1. The van der Waals surface area contributed by atoms with E-state index < -0.39 is 0 Å². The lowest BCUT2D eigenvalue weighted by Gasteiger charge is -2.44. The molecule has 1 fully saturated rings. The van der Waals surface area contributed by atoms with Crippen LogP contribution in [0.3, 0.4) is 0 Å². The first kappa shape index (κ1) is 20.6. The molecule has 0 bridgehead atoms. The summed E-state index contributed by atoms with van der Waals surface area (Å²) in [5.74, 6) is 1.00. The smallest absolute Gasteiger partial charge is 0.309 e. The van der Waals surface area contributed by atoms with Crippen molar-refractivity contribution >= 4 is 17.1 Å². The lowest BCUT2D eigenvalue weighted by molar-refractivity contribution is -0.149. The summed E-state index contributed by atoms with van der Waals surface area (Å²) in [4.78, 5) is 19.2. The molecule has 0 aliphatic carbocycles. The normalized spacial score (nSPS) is 21.6. The Bertz CT molecular complexity index is 1020. The Kier molecular flexibility index (Phi) is 5.40. The van der Waals surface area contributed by atoms with Crippen molar-refractivity contribution in [3.8, 4) is 5.69 Å². The Morgan fingerprint density at radius 1 is 1.30 bits per heavy atom. The van der Waals surface area contributed by atoms with Crippen molar-refractivity contribution in [2.45, 2.75) is 40.2 Å². The monoisotopic (exact) mass is 410 g/mol. The molecule has 0 spiro atoms. The number of rotatable bonds is 4. The SMILES string of the molecule is COC(=O)[C@@H]1C[C@@H](C(C)(C)C)CN(C(C)c2cc3cc(-n4cccn4)cnc3o2)C1. The van der Waals surface area contributed by atoms with Gasteiger partial charge in [-0.1, -0.05) is 20.8 Å². The van der Waals surface area contributed by atoms with Gasteiger partial charge in [-0.25, -0.2) is 9.67 Å². The largest absolute Gasteiger partial charge is 0.469 e. The maximum Gasteiger partial charge on any atom is 0.309 e. The van der Waals surface area contributed by atoms with Gasteiger partial charge in [0.25, 0.3) is 0 Å². The number of aromatic nitrogens is 3. The highest BCUT2D eigenvalue weighted by atomic mass is 16.5. The summed E-state index contributed by atoms with van der Waals surface area (Å²) >= 11 is 0. The van der Waals surface area contributed by atoms with E-state index in [-0.39, 0.29) is 23.3 Å². The van der Waals surface area contributed by atoms with E-state index in [2.05, 4.69) is 42.7 Å². The summed E-state index contributed by atoms with van der Waals surface area (Å²) in [5.41, 5.74) is 1.62. The van der Waals surface area contributed by atoms with Gasteiger partial charge < -0.3 is 9.15 Å². The number of hydrogen-bond acceptors (Lipinski definition) is 6. The number of hydrogen-bond donors (Lipinski definition) is 0. The minimum Gasteiger partial charge on any atom is -0.469 e. The van der Waals surface area contributed by atoms with Crippen LogP contribution in [0.25, 0.3) is 16.8 Å². The van der Waals surface area contributed by atoms with Crippen LogP contribution in [0.4, 0.5) is 0 Å². The number of carbonyl (C=O) groups is 1. The van der Waals surface area contributed by atoms with E-state index >= 15 is 0 Å². The molecule has 1 aliphatic rings.